The van der Waals surface area contributed by atoms with Gasteiger partial charge in [0.2, 0.25) is 5.91 Å². The highest BCUT2D eigenvalue weighted by molar-refractivity contribution is 9.10. The highest BCUT2D eigenvalue weighted by Crippen LogP contribution is 2.36. The van der Waals surface area contributed by atoms with Crippen LogP contribution in [-0.2, 0) is 19.7 Å². The third kappa shape index (κ3) is 3.25. The van der Waals surface area contributed by atoms with E-state index < -0.39 is 5.41 Å². The summed E-state index contributed by atoms with van der Waals surface area (Å²) in [5.41, 5.74) is 0.415. The molecule has 0 atom stereocenters. The Bertz CT molecular complexity index is 560. The highest BCUT2D eigenvalue weighted by Gasteiger charge is 2.42. The van der Waals surface area contributed by atoms with Crippen molar-refractivity contribution >= 4 is 27.6 Å². The van der Waals surface area contributed by atoms with Crippen LogP contribution >= 0.6 is 15.9 Å². The van der Waals surface area contributed by atoms with Crippen LogP contribution in [0, 0.1) is 5.92 Å². The first-order chi connectivity index (χ1) is 10.6. The zero-order valence-electron chi connectivity index (χ0n) is 12.4. The summed E-state index contributed by atoms with van der Waals surface area (Å²) in [4.78, 5) is 24.7. The number of carbonyl (C=O) groups excluding carboxylic acids is 2. The molecule has 2 aliphatic rings. The summed E-state index contributed by atoms with van der Waals surface area (Å²) >= 11 is 3.43. The molecule has 5 heteroatoms. The number of hydrogen-bond acceptors (Lipinski definition) is 3. The summed E-state index contributed by atoms with van der Waals surface area (Å²) < 4.78 is 6.43. The fourth-order valence-corrected chi connectivity index (χ4v) is 3.29. The summed E-state index contributed by atoms with van der Waals surface area (Å²) in [5, 5.41) is 2.87. The van der Waals surface area contributed by atoms with Gasteiger partial charge in [0.15, 0.2) is 5.78 Å². The van der Waals surface area contributed by atoms with Gasteiger partial charge in [-0.1, -0.05) is 28.1 Å². The molecule has 0 aromatic heterocycles. The number of Topliss-reactive ketones (excluding diaryl/α,β-unsaturated/α-hetero) is 1. The third-order valence-corrected chi connectivity index (χ3v) is 5.16. The van der Waals surface area contributed by atoms with E-state index in [1.165, 1.54) is 0 Å². The van der Waals surface area contributed by atoms with E-state index in [1.54, 1.807) is 0 Å². The van der Waals surface area contributed by atoms with Crippen LogP contribution < -0.4 is 5.32 Å². The molecule has 3 rings (SSSR count). The van der Waals surface area contributed by atoms with Gasteiger partial charge in [-0.15, -0.1) is 0 Å². The van der Waals surface area contributed by atoms with Crippen molar-refractivity contribution in [2.24, 2.45) is 5.92 Å². The molecule has 1 amide bonds. The van der Waals surface area contributed by atoms with Crippen molar-refractivity contribution < 1.29 is 14.3 Å². The lowest BCUT2D eigenvalue weighted by molar-refractivity contribution is -0.132. The molecule has 1 saturated heterocycles. The number of ether oxygens (including phenoxy) is 1. The standard InChI is InChI=1S/C17H20BrNO3/c18-14-5-3-13(4-6-14)17(7-9-22-10-8-17)16(21)19-11-15(20)12-1-2-12/h3-6,12H,1-2,7-11H2,(H,19,21). The van der Waals surface area contributed by atoms with Crippen molar-refractivity contribution in [3.63, 3.8) is 0 Å². The second-order valence-corrected chi connectivity index (χ2v) is 7.04. The molecule has 4 nitrogen and oxygen atoms in total. The molecule has 0 radical (unpaired) electrons. The molecule has 118 valence electrons. The van der Waals surface area contributed by atoms with Gasteiger partial charge in [-0.3, -0.25) is 9.59 Å². The van der Waals surface area contributed by atoms with E-state index in [4.69, 9.17) is 4.74 Å². The maximum absolute atomic E-state index is 12.8. The Morgan fingerprint density at radius 3 is 2.41 bits per heavy atom. The number of hydrogen-bond donors (Lipinski definition) is 1. The summed E-state index contributed by atoms with van der Waals surface area (Å²) in [5.74, 6) is 0.289. The van der Waals surface area contributed by atoms with Gasteiger partial charge in [-0.05, 0) is 43.4 Å². The quantitative estimate of drug-likeness (QED) is 0.872. The van der Waals surface area contributed by atoms with Gasteiger partial charge in [0.1, 0.15) is 0 Å². The highest BCUT2D eigenvalue weighted by atomic mass is 79.9. The molecule has 1 N–H and O–H groups in total. The SMILES string of the molecule is O=C(CNC(=O)C1(c2ccc(Br)cc2)CCOCC1)C1CC1. The van der Waals surface area contributed by atoms with Crippen LogP contribution in [0.5, 0.6) is 0 Å². The molecule has 1 aromatic carbocycles. The molecule has 1 aromatic rings. The molecule has 0 bridgehead atoms. The second-order valence-electron chi connectivity index (χ2n) is 6.12. The monoisotopic (exact) mass is 365 g/mol. The molecule has 1 aliphatic heterocycles. The van der Waals surface area contributed by atoms with Crippen molar-refractivity contribution in [2.45, 2.75) is 31.1 Å². The van der Waals surface area contributed by atoms with E-state index in [-0.39, 0.29) is 24.2 Å². The number of halogens is 1. The normalized spacial score (nSPS) is 20.4. The Balaban J connectivity index is 1.77. The smallest absolute Gasteiger partial charge is 0.231 e. The van der Waals surface area contributed by atoms with Crippen molar-refractivity contribution in [2.75, 3.05) is 19.8 Å². The minimum atomic E-state index is -0.581. The maximum Gasteiger partial charge on any atom is 0.231 e. The number of ketones is 1. The molecule has 2 fully saturated rings. The van der Waals surface area contributed by atoms with Crippen LogP contribution in [0.15, 0.2) is 28.7 Å². The minimum Gasteiger partial charge on any atom is -0.381 e. The molecule has 1 heterocycles. The first-order valence-corrected chi connectivity index (χ1v) is 8.56. The predicted octanol–water partition coefficient (Wildman–Crippen LogP) is 2.59. The van der Waals surface area contributed by atoms with Crippen LogP contribution in [0.1, 0.15) is 31.2 Å². The first-order valence-electron chi connectivity index (χ1n) is 7.77. The number of amides is 1. The van der Waals surface area contributed by atoms with Crippen LogP contribution in [0.25, 0.3) is 0 Å². The van der Waals surface area contributed by atoms with Gasteiger partial charge in [0, 0.05) is 23.6 Å². The van der Waals surface area contributed by atoms with E-state index in [0.29, 0.717) is 26.1 Å². The Kier molecular flexibility index (Phi) is 4.64. The lowest BCUT2D eigenvalue weighted by atomic mass is 9.73. The fraction of sp³-hybridized carbons (Fsp3) is 0.529. The van der Waals surface area contributed by atoms with Crippen LogP contribution in [-0.4, -0.2) is 31.4 Å². The van der Waals surface area contributed by atoms with Gasteiger partial charge in [-0.2, -0.15) is 0 Å². The molecule has 0 unspecified atom stereocenters. The molecular weight excluding hydrogens is 346 g/mol. The molecule has 1 saturated carbocycles. The minimum absolute atomic E-state index is 0.0490. The topological polar surface area (TPSA) is 55.4 Å². The van der Waals surface area contributed by atoms with Crippen molar-refractivity contribution in [1.29, 1.82) is 0 Å². The Labute approximate surface area is 138 Å². The van der Waals surface area contributed by atoms with E-state index >= 15 is 0 Å². The van der Waals surface area contributed by atoms with Crippen molar-refractivity contribution in [3.05, 3.63) is 34.3 Å². The van der Waals surface area contributed by atoms with Crippen molar-refractivity contribution in [1.82, 2.24) is 5.32 Å². The number of nitrogens with one attached hydrogen (secondary N) is 1. The largest absolute Gasteiger partial charge is 0.381 e. The van der Waals surface area contributed by atoms with Crippen LogP contribution in [0.4, 0.5) is 0 Å². The molecule has 0 spiro atoms. The van der Waals surface area contributed by atoms with Gasteiger partial charge >= 0.3 is 0 Å². The number of carbonyl (C=O) groups is 2. The molecule has 1 aliphatic carbocycles. The van der Waals surface area contributed by atoms with E-state index in [1.807, 2.05) is 24.3 Å². The maximum atomic E-state index is 12.8. The fourth-order valence-electron chi connectivity index (χ4n) is 3.02. The molecular formula is C17H20BrNO3. The Morgan fingerprint density at radius 2 is 1.82 bits per heavy atom. The van der Waals surface area contributed by atoms with E-state index in [0.717, 1.165) is 22.9 Å². The summed E-state index contributed by atoms with van der Waals surface area (Å²) in [6, 6.07) is 7.87. The first kappa shape index (κ1) is 15.7. The Morgan fingerprint density at radius 1 is 1.18 bits per heavy atom. The van der Waals surface area contributed by atoms with E-state index in [9.17, 15) is 9.59 Å². The zero-order chi connectivity index (χ0) is 15.6. The average molecular weight is 366 g/mol. The number of rotatable bonds is 5. The van der Waals surface area contributed by atoms with Gasteiger partial charge < -0.3 is 10.1 Å². The number of benzene rings is 1. The molecule has 22 heavy (non-hydrogen) atoms. The summed E-state index contributed by atoms with van der Waals surface area (Å²) in [7, 11) is 0. The van der Waals surface area contributed by atoms with Crippen LogP contribution in [0.3, 0.4) is 0 Å². The van der Waals surface area contributed by atoms with Crippen LogP contribution in [0.2, 0.25) is 0 Å². The summed E-state index contributed by atoms with van der Waals surface area (Å²) in [6.07, 6.45) is 3.25. The average Bonchev–Trinajstić information content (AvgIpc) is 3.38. The van der Waals surface area contributed by atoms with Crippen molar-refractivity contribution in [3.8, 4) is 0 Å². The lowest BCUT2D eigenvalue weighted by Crippen LogP contribution is -2.49. The summed E-state index contributed by atoms with van der Waals surface area (Å²) in [6.45, 7) is 1.29. The van der Waals surface area contributed by atoms with Gasteiger partial charge in [-0.25, -0.2) is 0 Å². The predicted molar refractivity (Wildman–Crippen MR) is 86.6 cm³/mol. The Hall–Kier alpha value is -1.20. The van der Waals surface area contributed by atoms with Gasteiger partial charge in [0.25, 0.3) is 0 Å². The third-order valence-electron chi connectivity index (χ3n) is 4.63. The second kappa shape index (κ2) is 6.50. The zero-order valence-corrected chi connectivity index (χ0v) is 14.0. The lowest BCUT2D eigenvalue weighted by Gasteiger charge is -2.36. The van der Waals surface area contributed by atoms with Gasteiger partial charge in [0.05, 0.1) is 12.0 Å². The van der Waals surface area contributed by atoms with E-state index in [2.05, 4.69) is 21.2 Å².